The summed E-state index contributed by atoms with van der Waals surface area (Å²) in [5.74, 6) is -1.89. The van der Waals surface area contributed by atoms with Crippen LogP contribution in [0.2, 0.25) is 0 Å². The van der Waals surface area contributed by atoms with E-state index in [4.69, 9.17) is 5.11 Å². The summed E-state index contributed by atoms with van der Waals surface area (Å²) < 4.78 is 16.0. The minimum absolute atomic E-state index is 0.0835. The van der Waals surface area contributed by atoms with E-state index in [1.165, 1.54) is 6.20 Å². The van der Waals surface area contributed by atoms with E-state index in [0.717, 1.165) is 18.9 Å². The molecule has 1 aromatic heterocycles. The van der Waals surface area contributed by atoms with E-state index < -0.39 is 17.2 Å². The number of pyridine rings is 1. The van der Waals surface area contributed by atoms with Gasteiger partial charge in [-0.25, -0.2) is 9.18 Å². The van der Waals surface area contributed by atoms with E-state index >= 15 is 0 Å². The molecule has 0 radical (unpaired) electrons. The number of aromatic nitrogens is 1. The van der Waals surface area contributed by atoms with Crippen LogP contribution in [0.4, 0.5) is 10.1 Å². The van der Waals surface area contributed by atoms with E-state index in [0.29, 0.717) is 24.9 Å². The van der Waals surface area contributed by atoms with E-state index in [1.807, 2.05) is 0 Å². The molecule has 1 aliphatic carbocycles. The summed E-state index contributed by atoms with van der Waals surface area (Å²) >= 11 is 0. The molecule has 1 aliphatic rings. The van der Waals surface area contributed by atoms with Gasteiger partial charge in [0.25, 0.3) is 0 Å². The fourth-order valence-corrected chi connectivity index (χ4v) is 2.77. The van der Waals surface area contributed by atoms with Gasteiger partial charge in [-0.05, 0) is 37.8 Å². The Bertz CT molecular complexity index is 843. The second kappa shape index (κ2) is 6.60. The summed E-state index contributed by atoms with van der Waals surface area (Å²) in [5.41, 5.74) is -0.187. The number of fused-ring (bicyclic) bond motifs is 1. The van der Waals surface area contributed by atoms with Crippen molar-refractivity contribution in [1.82, 2.24) is 4.57 Å². The molecule has 0 unspecified atom stereocenters. The quantitative estimate of drug-likeness (QED) is 0.676. The maximum absolute atomic E-state index is 14.3. The van der Waals surface area contributed by atoms with Crippen LogP contribution in [-0.2, 0) is 0 Å². The Morgan fingerprint density at radius 3 is 2.71 bits per heavy atom. The summed E-state index contributed by atoms with van der Waals surface area (Å²) in [7, 11) is 0. The molecule has 2 aromatic rings. The maximum atomic E-state index is 14.3. The lowest BCUT2D eigenvalue weighted by Gasteiger charge is -2.14. The molecule has 1 fully saturated rings. The van der Waals surface area contributed by atoms with Crippen molar-refractivity contribution in [2.24, 2.45) is 0 Å². The number of halogens is 1. The average molecular weight is 334 g/mol. The van der Waals surface area contributed by atoms with Crippen LogP contribution in [0.25, 0.3) is 10.9 Å². The predicted molar refractivity (Wildman–Crippen MR) is 88.2 cm³/mol. The van der Waals surface area contributed by atoms with Gasteiger partial charge in [-0.15, -0.1) is 0 Å². The van der Waals surface area contributed by atoms with Crippen molar-refractivity contribution in [2.45, 2.75) is 31.7 Å². The topological polar surface area (TPSA) is 91.6 Å². The van der Waals surface area contributed by atoms with Crippen molar-refractivity contribution in [3.8, 4) is 0 Å². The Hall–Kier alpha value is -2.41. The smallest absolute Gasteiger partial charge is 0.341 e. The van der Waals surface area contributed by atoms with Gasteiger partial charge < -0.3 is 20.1 Å². The van der Waals surface area contributed by atoms with Gasteiger partial charge in [0.05, 0.1) is 11.2 Å². The summed E-state index contributed by atoms with van der Waals surface area (Å²) in [6, 6.07) is 2.82. The first-order valence-corrected chi connectivity index (χ1v) is 7.99. The van der Waals surface area contributed by atoms with Crippen LogP contribution < -0.4 is 10.7 Å². The average Bonchev–Trinajstić information content (AvgIpc) is 3.37. The number of carbonyl (C=O) groups is 1. The summed E-state index contributed by atoms with van der Waals surface area (Å²) in [6.07, 6.45) is 4.50. The van der Waals surface area contributed by atoms with Gasteiger partial charge >= 0.3 is 5.97 Å². The van der Waals surface area contributed by atoms with Gasteiger partial charge in [-0.3, -0.25) is 4.79 Å². The third kappa shape index (κ3) is 3.12. The largest absolute Gasteiger partial charge is 0.477 e. The molecule has 0 aliphatic heterocycles. The number of aliphatic hydroxyl groups is 1. The standard InChI is InChI=1S/C17H19FN2O4/c18-13-7-11-15(8-14(13)19-5-1-2-6-21)20(10-3-4-10)9-12(16(11)22)17(23)24/h7-10,19,21H,1-6H2,(H,23,24). The third-order valence-electron chi connectivity index (χ3n) is 4.19. The lowest BCUT2D eigenvalue weighted by Crippen LogP contribution is -2.19. The van der Waals surface area contributed by atoms with Crippen molar-refractivity contribution >= 4 is 22.6 Å². The lowest BCUT2D eigenvalue weighted by molar-refractivity contribution is 0.0695. The van der Waals surface area contributed by atoms with Crippen LogP contribution in [0.3, 0.4) is 0 Å². The minimum Gasteiger partial charge on any atom is -0.477 e. The number of benzene rings is 1. The number of aromatic carboxylic acids is 1. The van der Waals surface area contributed by atoms with Gasteiger partial charge in [0.15, 0.2) is 0 Å². The minimum atomic E-state index is -1.30. The molecule has 1 heterocycles. The monoisotopic (exact) mass is 334 g/mol. The molecule has 0 saturated heterocycles. The van der Waals surface area contributed by atoms with Crippen LogP contribution in [0.15, 0.2) is 23.1 Å². The van der Waals surface area contributed by atoms with Crippen molar-refractivity contribution in [3.05, 3.63) is 39.9 Å². The number of nitrogens with one attached hydrogen (secondary N) is 1. The fourth-order valence-electron chi connectivity index (χ4n) is 2.77. The third-order valence-corrected chi connectivity index (χ3v) is 4.19. The highest BCUT2D eigenvalue weighted by Gasteiger charge is 2.27. The number of aliphatic hydroxyl groups excluding tert-OH is 1. The molecule has 7 heteroatoms. The highest BCUT2D eigenvalue weighted by Crippen LogP contribution is 2.37. The Morgan fingerprint density at radius 1 is 1.33 bits per heavy atom. The SMILES string of the molecule is O=C(O)c1cn(C2CC2)c2cc(NCCCCO)c(F)cc2c1=O. The Balaban J connectivity index is 2.07. The van der Waals surface area contributed by atoms with Crippen molar-refractivity contribution in [1.29, 1.82) is 0 Å². The van der Waals surface area contributed by atoms with Crippen LogP contribution in [0.1, 0.15) is 42.1 Å². The van der Waals surface area contributed by atoms with E-state index in [1.54, 1.807) is 10.6 Å². The van der Waals surface area contributed by atoms with Gasteiger partial charge in [0, 0.05) is 30.8 Å². The molecule has 128 valence electrons. The molecular weight excluding hydrogens is 315 g/mol. The van der Waals surface area contributed by atoms with Crippen molar-refractivity contribution < 1.29 is 19.4 Å². The van der Waals surface area contributed by atoms with Crippen LogP contribution in [-0.4, -0.2) is 33.9 Å². The summed E-state index contributed by atoms with van der Waals surface area (Å²) in [6.45, 7) is 0.588. The summed E-state index contributed by atoms with van der Waals surface area (Å²) in [4.78, 5) is 23.6. The highest BCUT2D eigenvalue weighted by atomic mass is 19.1. The summed E-state index contributed by atoms with van der Waals surface area (Å²) in [5, 5.41) is 21.0. The first kappa shape index (κ1) is 16.4. The van der Waals surface area contributed by atoms with Gasteiger partial charge in [-0.1, -0.05) is 0 Å². The zero-order valence-electron chi connectivity index (χ0n) is 13.1. The first-order valence-electron chi connectivity index (χ1n) is 7.99. The second-order valence-electron chi connectivity index (χ2n) is 6.02. The van der Waals surface area contributed by atoms with Crippen LogP contribution in [0.5, 0.6) is 0 Å². The number of anilines is 1. The van der Waals surface area contributed by atoms with Gasteiger partial charge in [0.1, 0.15) is 11.4 Å². The predicted octanol–water partition coefficient (Wildman–Crippen LogP) is 2.36. The number of carboxylic acids is 1. The fraction of sp³-hybridized carbons (Fsp3) is 0.412. The Labute approximate surface area is 137 Å². The zero-order chi connectivity index (χ0) is 17.3. The molecule has 0 bridgehead atoms. The van der Waals surface area contributed by atoms with Crippen LogP contribution in [0, 0.1) is 5.82 Å². The normalized spacial score (nSPS) is 14.1. The molecule has 3 N–H and O–H groups in total. The van der Waals surface area contributed by atoms with Crippen molar-refractivity contribution in [2.75, 3.05) is 18.5 Å². The van der Waals surface area contributed by atoms with Gasteiger partial charge in [0.2, 0.25) is 5.43 Å². The Morgan fingerprint density at radius 2 is 2.08 bits per heavy atom. The Kier molecular flexibility index (Phi) is 4.53. The zero-order valence-corrected chi connectivity index (χ0v) is 13.1. The number of unbranched alkanes of at least 4 members (excludes halogenated alkanes) is 1. The first-order chi connectivity index (χ1) is 11.5. The van der Waals surface area contributed by atoms with Crippen molar-refractivity contribution in [3.63, 3.8) is 0 Å². The molecule has 24 heavy (non-hydrogen) atoms. The molecule has 6 nitrogen and oxygen atoms in total. The maximum Gasteiger partial charge on any atom is 0.341 e. The molecule has 1 saturated carbocycles. The second-order valence-corrected chi connectivity index (χ2v) is 6.02. The molecule has 0 spiro atoms. The molecule has 1 aromatic carbocycles. The number of nitrogens with zero attached hydrogens (tertiary/aromatic N) is 1. The molecule has 3 rings (SSSR count). The number of carboxylic acid groups (broad SMARTS) is 1. The number of rotatable bonds is 7. The highest BCUT2D eigenvalue weighted by molar-refractivity contribution is 5.93. The number of hydrogen-bond acceptors (Lipinski definition) is 4. The van der Waals surface area contributed by atoms with E-state index in [2.05, 4.69) is 5.32 Å². The van der Waals surface area contributed by atoms with Gasteiger partial charge in [-0.2, -0.15) is 0 Å². The lowest BCUT2D eigenvalue weighted by atomic mass is 10.1. The van der Waals surface area contributed by atoms with E-state index in [9.17, 15) is 19.1 Å². The molecule has 0 amide bonds. The molecular formula is C17H19FN2O4. The molecule has 0 atom stereocenters. The van der Waals surface area contributed by atoms with E-state index in [-0.39, 0.29) is 29.3 Å². The van der Waals surface area contributed by atoms with Crippen LogP contribution >= 0.6 is 0 Å². The number of hydrogen-bond donors (Lipinski definition) is 3.